The van der Waals surface area contributed by atoms with Gasteiger partial charge in [0.25, 0.3) is 11.8 Å². The lowest BCUT2D eigenvalue weighted by atomic mass is 10.0. The van der Waals surface area contributed by atoms with Gasteiger partial charge in [-0.1, -0.05) is 18.2 Å². The van der Waals surface area contributed by atoms with Crippen LogP contribution in [0.2, 0.25) is 0 Å². The Kier molecular flexibility index (Phi) is 6.86. The Balaban J connectivity index is 1.60. The molecular weight excluding hydrogens is 402 g/mol. The molecule has 0 bridgehead atoms. The van der Waals surface area contributed by atoms with Crippen molar-refractivity contribution >= 4 is 17.8 Å². The van der Waals surface area contributed by atoms with E-state index in [1.165, 1.54) is 4.90 Å². The first-order valence-corrected chi connectivity index (χ1v) is 9.68. The summed E-state index contributed by atoms with van der Waals surface area (Å²) < 4.78 is 5.79. The van der Waals surface area contributed by atoms with Crippen LogP contribution in [0, 0.1) is 6.92 Å². The topological polar surface area (TPSA) is 129 Å². The molecule has 2 amide bonds. The number of amides is 2. The largest absolute Gasteiger partial charge is 0.511 e. The van der Waals surface area contributed by atoms with Crippen LogP contribution in [-0.2, 0) is 27.5 Å². The summed E-state index contributed by atoms with van der Waals surface area (Å²) in [6.45, 7) is 2.16. The molecule has 1 aromatic carbocycles. The van der Waals surface area contributed by atoms with Gasteiger partial charge in [-0.2, -0.15) is 0 Å². The number of ether oxygens (including phenoxy) is 1. The molecule has 9 heteroatoms. The SMILES string of the molecule is Cc1ncccc1COc1ccc(CN2CCC(O)=C(C(=O)NCC(=O)O)C2=O)cc1. The molecule has 9 nitrogen and oxygen atoms in total. The van der Waals surface area contributed by atoms with Crippen molar-refractivity contribution in [2.24, 2.45) is 0 Å². The fourth-order valence-electron chi connectivity index (χ4n) is 3.11. The number of carboxylic acids is 1. The highest BCUT2D eigenvalue weighted by molar-refractivity contribution is 6.19. The lowest BCUT2D eigenvalue weighted by molar-refractivity contribution is -0.138. The molecule has 2 aromatic rings. The number of aliphatic hydroxyl groups excluding tert-OH is 1. The number of hydrogen-bond donors (Lipinski definition) is 3. The zero-order valence-corrected chi connectivity index (χ0v) is 17.0. The molecule has 1 aliphatic heterocycles. The van der Waals surface area contributed by atoms with Crippen LogP contribution in [0.5, 0.6) is 5.75 Å². The quantitative estimate of drug-likeness (QED) is 0.549. The van der Waals surface area contributed by atoms with E-state index in [1.54, 1.807) is 18.3 Å². The third-order valence-corrected chi connectivity index (χ3v) is 4.84. The molecule has 0 unspecified atom stereocenters. The number of nitrogens with zero attached hydrogens (tertiary/aromatic N) is 2. The number of aliphatic carboxylic acids is 1. The molecule has 0 fully saturated rings. The van der Waals surface area contributed by atoms with Crippen LogP contribution in [0.4, 0.5) is 0 Å². The van der Waals surface area contributed by atoms with E-state index in [0.717, 1.165) is 16.8 Å². The van der Waals surface area contributed by atoms with Gasteiger partial charge in [-0.05, 0) is 30.7 Å². The second-order valence-electron chi connectivity index (χ2n) is 7.06. The van der Waals surface area contributed by atoms with Gasteiger partial charge in [0.2, 0.25) is 0 Å². The Morgan fingerprint density at radius 1 is 1.23 bits per heavy atom. The summed E-state index contributed by atoms with van der Waals surface area (Å²) in [6.07, 6.45) is 1.85. The number of benzene rings is 1. The average Bonchev–Trinajstić information content (AvgIpc) is 2.75. The van der Waals surface area contributed by atoms with Crippen molar-refractivity contribution in [3.8, 4) is 5.75 Å². The number of hydrogen-bond acceptors (Lipinski definition) is 6. The summed E-state index contributed by atoms with van der Waals surface area (Å²) in [5.41, 5.74) is 2.30. The van der Waals surface area contributed by atoms with E-state index in [2.05, 4.69) is 10.3 Å². The third kappa shape index (κ3) is 5.59. The lowest BCUT2D eigenvalue weighted by Crippen LogP contribution is -2.43. The minimum absolute atomic E-state index is 0.118. The number of aliphatic hydroxyl groups is 1. The highest BCUT2D eigenvalue weighted by Gasteiger charge is 2.32. The molecule has 0 radical (unpaired) electrons. The van der Waals surface area contributed by atoms with Crippen LogP contribution in [0.1, 0.15) is 23.2 Å². The summed E-state index contributed by atoms with van der Waals surface area (Å²) in [7, 11) is 0. The molecule has 0 spiro atoms. The highest BCUT2D eigenvalue weighted by atomic mass is 16.5. The van der Waals surface area contributed by atoms with Crippen molar-refractivity contribution < 1.29 is 29.3 Å². The number of rotatable bonds is 8. The van der Waals surface area contributed by atoms with Crippen LogP contribution in [0.15, 0.2) is 53.9 Å². The van der Waals surface area contributed by atoms with E-state index in [4.69, 9.17) is 9.84 Å². The number of carboxylic acid groups (broad SMARTS) is 1. The zero-order valence-electron chi connectivity index (χ0n) is 17.0. The smallest absolute Gasteiger partial charge is 0.322 e. The number of pyridine rings is 1. The number of aryl methyl sites for hydroxylation is 1. The predicted molar refractivity (Wildman–Crippen MR) is 110 cm³/mol. The molecule has 31 heavy (non-hydrogen) atoms. The number of carbonyl (C=O) groups is 3. The monoisotopic (exact) mass is 425 g/mol. The molecule has 2 heterocycles. The van der Waals surface area contributed by atoms with E-state index in [1.807, 2.05) is 31.2 Å². The second-order valence-corrected chi connectivity index (χ2v) is 7.06. The van der Waals surface area contributed by atoms with Crippen molar-refractivity contribution in [2.75, 3.05) is 13.1 Å². The minimum atomic E-state index is -1.24. The molecule has 1 aliphatic rings. The van der Waals surface area contributed by atoms with Crippen molar-refractivity contribution in [2.45, 2.75) is 26.5 Å². The lowest BCUT2D eigenvalue weighted by Gasteiger charge is -2.28. The van der Waals surface area contributed by atoms with Gasteiger partial charge in [0.1, 0.15) is 30.2 Å². The first-order valence-electron chi connectivity index (χ1n) is 9.68. The van der Waals surface area contributed by atoms with Crippen LogP contribution in [-0.4, -0.2) is 51.0 Å². The summed E-state index contributed by atoms with van der Waals surface area (Å²) >= 11 is 0. The van der Waals surface area contributed by atoms with Gasteiger partial charge >= 0.3 is 5.97 Å². The zero-order chi connectivity index (χ0) is 22.4. The molecule has 3 rings (SSSR count). The minimum Gasteiger partial charge on any atom is -0.511 e. The molecule has 0 atom stereocenters. The van der Waals surface area contributed by atoms with Crippen molar-refractivity contribution in [1.29, 1.82) is 0 Å². The highest BCUT2D eigenvalue weighted by Crippen LogP contribution is 2.21. The molecule has 0 aliphatic carbocycles. The van der Waals surface area contributed by atoms with Crippen LogP contribution < -0.4 is 10.1 Å². The fourth-order valence-corrected chi connectivity index (χ4v) is 3.11. The summed E-state index contributed by atoms with van der Waals surface area (Å²) in [5.74, 6) is -2.44. The second kappa shape index (κ2) is 9.75. The van der Waals surface area contributed by atoms with E-state index < -0.39 is 29.9 Å². The average molecular weight is 425 g/mol. The first kappa shape index (κ1) is 21.8. The number of carbonyl (C=O) groups excluding carboxylic acids is 2. The Bertz CT molecular complexity index is 1020. The Hall–Kier alpha value is -3.88. The fraction of sp³-hybridized carbons (Fsp3) is 0.273. The van der Waals surface area contributed by atoms with Gasteiger partial charge in [-0.15, -0.1) is 0 Å². The van der Waals surface area contributed by atoms with Gasteiger partial charge in [-0.25, -0.2) is 0 Å². The van der Waals surface area contributed by atoms with Crippen LogP contribution in [0.25, 0.3) is 0 Å². The number of nitrogens with one attached hydrogen (secondary N) is 1. The molecule has 1 aromatic heterocycles. The molecular formula is C22H23N3O6. The Morgan fingerprint density at radius 3 is 2.65 bits per heavy atom. The van der Waals surface area contributed by atoms with Crippen molar-refractivity contribution in [1.82, 2.24) is 15.2 Å². The molecule has 0 saturated heterocycles. The maximum absolute atomic E-state index is 12.7. The standard InChI is InChI=1S/C22H23N3O6/c1-14-16(3-2-9-23-14)13-31-17-6-4-15(5-7-17)12-25-10-8-18(26)20(22(25)30)21(29)24-11-19(27)28/h2-7,9,26H,8,10-13H2,1H3,(H,24,29)(H,27,28). The first-order chi connectivity index (χ1) is 14.8. The predicted octanol–water partition coefficient (Wildman–Crippen LogP) is 1.71. The van der Waals surface area contributed by atoms with Gasteiger partial charge in [-0.3, -0.25) is 19.4 Å². The summed E-state index contributed by atoms with van der Waals surface area (Å²) in [6, 6.07) is 11.0. The van der Waals surface area contributed by atoms with E-state index >= 15 is 0 Å². The number of aromatic nitrogens is 1. The Morgan fingerprint density at radius 2 is 1.97 bits per heavy atom. The van der Waals surface area contributed by atoms with Gasteiger partial charge in [0.15, 0.2) is 0 Å². The maximum Gasteiger partial charge on any atom is 0.322 e. The molecule has 3 N–H and O–H groups in total. The van der Waals surface area contributed by atoms with Crippen molar-refractivity contribution in [3.05, 3.63) is 70.7 Å². The van der Waals surface area contributed by atoms with Gasteiger partial charge in [0.05, 0.1) is 0 Å². The summed E-state index contributed by atoms with van der Waals surface area (Å²) in [5, 5.41) is 20.8. The molecule has 0 saturated carbocycles. The summed E-state index contributed by atoms with van der Waals surface area (Å²) in [4.78, 5) is 41.1. The van der Waals surface area contributed by atoms with Gasteiger partial charge in [0, 0.05) is 37.0 Å². The molecule has 162 valence electrons. The van der Waals surface area contributed by atoms with Crippen LogP contribution in [0.3, 0.4) is 0 Å². The maximum atomic E-state index is 12.7. The van der Waals surface area contributed by atoms with Crippen molar-refractivity contribution in [3.63, 3.8) is 0 Å². The normalized spacial score (nSPS) is 13.8. The van der Waals surface area contributed by atoms with E-state index in [0.29, 0.717) is 12.4 Å². The Labute approximate surface area is 179 Å². The van der Waals surface area contributed by atoms with Gasteiger partial charge < -0.3 is 25.2 Å². The third-order valence-electron chi connectivity index (χ3n) is 4.84. The van der Waals surface area contributed by atoms with E-state index in [-0.39, 0.29) is 25.3 Å². The van der Waals surface area contributed by atoms with Crippen LogP contribution >= 0.6 is 0 Å². The van der Waals surface area contributed by atoms with E-state index in [9.17, 15) is 19.5 Å².